The lowest BCUT2D eigenvalue weighted by Crippen LogP contribution is -2.52. The highest BCUT2D eigenvalue weighted by Gasteiger charge is 2.42. The number of alkyl halides is 3. The summed E-state index contributed by atoms with van der Waals surface area (Å²) in [5.41, 5.74) is 0. The molecule has 0 aromatic carbocycles. The van der Waals surface area contributed by atoms with E-state index in [4.69, 9.17) is 19.1 Å². The normalized spacial score (nSPS) is 23.5. The van der Waals surface area contributed by atoms with Gasteiger partial charge in [0.2, 0.25) is 5.91 Å². The van der Waals surface area contributed by atoms with Crippen LogP contribution in [0.4, 0.5) is 13.2 Å². The molecule has 4 heterocycles. The van der Waals surface area contributed by atoms with Crippen LogP contribution in [0.25, 0.3) is 0 Å². The number of carbonyl (C=O) groups excluding carboxylic acids is 1. The minimum atomic E-state index is -5.08. The predicted octanol–water partition coefficient (Wildman–Crippen LogP) is 2.67. The van der Waals surface area contributed by atoms with Crippen LogP contribution in [0, 0.1) is 5.92 Å². The number of aromatic nitrogens is 1. The Bertz CT molecular complexity index is 845. The molecule has 4 rings (SSSR count). The van der Waals surface area contributed by atoms with E-state index in [2.05, 4.69) is 15.2 Å². The SMILES string of the molecule is O=C(NCc1ccco1)[C@H]1C[C@H]2OCC[C@H]2N(Cc2nccs2)C1.O=C(O)C(F)(F)F. The van der Waals surface area contributed by atoms with Crippen molar-refractivity contribution in [1.82, 2.24) is 15.2 Å². The molecule has 12 heteroatoms. The fourth-order valence-electron chi connectivity index (χ4n) is 3.66. The van der Waals surface area contributed by atoms with Crippen molar-refractivity contribution in [3.05, 3.63) is 40.7 Å². The van der Waals surface area contributed by atoms with Crippen LogP contribution in [0.15, 0.2) is 34.4 Å². The molecule has 1 amide bonds. The van der Waals surface area contributed by atoms with Gasteiger partial charge in [-0.3, -0.25) is 9.69 Å². The number of hydrogen-bond acceptors (Lipinski definition) is 7. The summed E-state index contributed by atoms with van der Waals surface area (Å²) >= 11 is 1.66. The molecule has 2 aliphatic heterocycles. The first-order chi connectivity index (χ1) is 14.7. The second kappa shape index (κ2) is 10.2. The number of carbonyl (C=O) groups is 2. The molecule has 2 fully saturated rings. The zero-order valence-corrected chi connectivity index (χ0v) is 17.2. The summed E-state index contributed by atoms with van der Waals surface area (Å²) in [6.45, 7) is 2.77. The lowest BCUT2D eigenvalue weighted by molar-refractivity contribution is -0.192. The number of hydrogen-bond donors (Lipinski definition) is 2. The maximum atomic E-state index is 12.6. The number of furan rings is 1. The number of fused-ring (bicyclic) bond motifs is 1. The van der Waals surface area contributed by atoms with Crippen LogP contribution < -0.4 is 5.32 Å². The number of ether oxygens (including phenoxy) is 1. The second-order valence-corrected chi connectivity index (χ2v) is 8.13. The van der Waals surface area contributed by atoms with Crippen molar-refractivity contribution in [2.24, 2.45) is 5.92 Å². The maximum Gasteiger partial charge on any atom is 0.490 e. The van der Waals surface area contributed by atoms with Gasteiger partial charge >= 0.3 is 12.1 Å². The number of likely N-dealkylation sites (tertiary alicyclic amines) is 1. The molecular weight excluding hydrogens is 439 g/mol. The lowest BCUT2D eigenvalue weighted by Gasteiger charge is -2.39. The Hall–Kier alpha value is -2.44. The number of nitrogens with zero attached hydrogens (tertiary/aromatic N) is 2. The smallest absolute Gasteiger partial charge is 0.475 e. The summed E-state index contributed by atoms with van der Waals surface area (Å²) in [5.74, 6) is -1.97. The van der Waals surface area contributed by atoms with E-state index in [1.54, 1.807) is 17.6 Å². The average molecular weight is 461 g/mol. The highest BCUT2D eigenvalue weighted by Crippen LogP contribution is 2.32. The van der Waals surface area contributed by atoms with Gasteiger partial charge in [-0.15, -0.1) is 11.3 Å². The van der Waals surface area contributed by atoms with E-state index in [0.717, 1.165) is 43.3 Å². The van der Waals surface area contributed by atoms with E-state index in [1.807, 2.05) is 23.7 Å². The Morgan fingerprint density at radius 2 is 2.16 bits per heavy atom. The zero-order chi connectivity index (χ0) is 22.4. The van der Waals surface area contributed by atoms with Crippen LogP contribution in [-0.4, -0.2) is 58.3 Å². The molecule has 31 heavy (non-hydrogen) atoms. The lowest BCUT2D eigenvalue weighted by atomic mass is 9.89. The van der Waals surface area contributed by atoms with Crippen LogP contribution in [0.5, 0.6) is 0 Å². The maximum absolute atomic E-state index is 12.6. The second-order valence-electron chi connectivity index (χ2n) is 7.15. The Morgan fingerprint density at radius 1 is 1.39 bits per heavy atom. The molecule has 2 N–H and O–H groups in total. The van der Waals surface area contributed by atoms with Crippen LogP contribution in [0.1, 0.15) is 23.6 Å². The molecule has 0 unspecified atom stereocenters. The fourth-order valence-corrected chi connectivity index (χ4v) is 4.30. The molecule has 2 aromatic rings. The van der Waals surface area contributed by atoms with E-state index in [0.29, 0.717) is 12.6 Å². The van der Waals surface area contributed by atoms with Crippen molar-refractivity contribution in [2.45, 2.75) is 44.3 Å². The van der Waals surface area contributed by atoms with Gasteiger partial charge in [0.15, 0.2) is 0 Å². The van der Waals surface area contributed by atoms with E-state index < -0.39 is 12.1 Å². The molecule has 2 aliphatic rings. The van der Waals surface area contributed by atoms with Crippen LogP contribution in [0.2, 0.25) is 0 Å². The summed E-state index contributed by atoms with van der Waals surface area (Å²) in [7, 11) is 0. The molecule has 3 atom stereocenters. The number of amides is 1. The first-order valence-corrected chi connectivity index (χ1v) is 10.5. The molecule has 0 bridgehead atoms. The van der Waals surface area contributed by atoms with Crippen molar-refractivity contribution < 1.29 is 37.0 Å². The average Bonchev–Trinajstić information content (AvgIpc) is 3.47. The van der Waals surface area contributed by atoms with Gasteiger partial charge in [0, 0.05) is 30.8 Å². The molecule has 8 nitrogen and oxygen atoms in total. The summed E-state index contributed by atoms with van der Waals surface area (Å²) in [6.07, 6.45) is 0.354. The van der Waals surface area contributed by atoms with Gasteiger partial charge in [0.05, 0.1) is 31.4 Å². The van der Waals surface area contributed by atoms with Crippen LogP contribution >= 0.6 is 11.3 Å². The van der Waals surface area contributed by atoms with Crippen molar-refractivity contribution in [3.63, 3.8) is 0 Å². The molecule has 0 saturated carbocycles. The minimum absolute atomic E-state index is 0.0562. The number of halogens is 3. The van der Waals surface area contributed by atoms with Crippen molar-refractivity contribution >= 4 is 23.2 Å². The Morgan fingerprint density at radius 3 is 2.77 bits per heavy atom. The molecule has 0 spiro atoms. The third kappa shape index (κ3) is 6.52. The molecule has 170 valence electrons. The zero-order valence-electron chi connectivity index (χ0n) is 16.4. The Balaban J connectivity index is 0.000000339. The number of piperidine rings is 1. The summed E-state index contributed by atoms with van der Waals surface area (Å²) in [6, 6.07) is 4.10. The van der Waals surface area contributed by atoms with Gasteiger partial charge in [-0.05, 0) is 25.0 Å². The van der Waals surface area contributed by atoms with Gasteiger partial charge in [-0.25, -0.2) is 9.78 Å². The number of nitrogens with one attached hydrogen (secondary N) is 1. The van der Waals surface area contributed by atoms with E-state index in [-0.39, 0.29) is 17.9 Å². The molecular formula is C19H22F3N3O5S. The summed E-state index contributed by atoms with van der Waals surface area (Å²) in [5, 5.41) is 13.2. The largest absolute Gasteiger partial charge is 0.490 e. The van der Waals surface area contributed by atoms with Gasteiger partial charge in [0.1, 0.15) is 10.8 Å². The van der Waals surface area contributed by atoms with Crippen molar-refractivity contribution in [2.75, 3.05) is 13.2 Å². The monoisotopic (exact) mass is 461 g/mol. The number of rotatable bonds is 5. The van der Waals surface area contributed by atoms with E-state index >= 15 is 0 Å². The topological polar surface area (TPSA) is 105 Å². The fraction of sp³-hybridized carbons (Fsp3) is 0.526. The van der Waals surface area contributed by atoms with Gasteiger partial charge in [-0.2, -0.15) is 13.2 Å². The van der Waals surface area contributed by atoms with Gasteiger partial charge in [0.25, 0.3) is 0 Å². The van der Waals surface area contributed by atoms with Crippen molar-refractivity contribution in [1.29, 1.82) is 0 Å². The van der Waals surface area contributed by atoms with Gasteiger partial charge < -0.3 is 19.6 Å². The van der Waals surface area contributed by atoms with E-state index in [9.17, 15) is 18.0 Å². The number of thiazole rings is 1. The summed E-state index contributed by atoms with van der Waals surface area (Å²) < 4.78 is 42.9. The Kier molecular flexibility index (Phi) is 7.68. The molecule has 2 aromatic heterocycles. The van der Waals surface area contributed by atoms with Gasteiger partial charge in [-0.1, -0.05) is 0 Å². The highest BCUT2D eigenvalue weighted by molar-refractivity contribution is 7.09. The highest BCUT2D eigenvalue weighted by atomic mass is 32.1. The third-order valence-corrected chi connectivity index (χ3v) is 5.83. The minimum Gasteiger partial charge on any atom is -0.475 e. The Labute approximate surface area is 180 Å². The quantitative estimate of drug-likeness (QED) is 0.705. The van der Waals surface area contributed by atoms with Crippen LogP contribution in [-0.2, 0) is 27.4 Å². The first-order valence-electron chi connectivity index (χ1n) is 9.58. The third-order valence-electron chi connectivity index (χ3n) is 5.07. The number of carboxylic acids is 1. The predicted molar refractivity (Wildman–Crippen MR) is 103 cm³/mol. The molecule has 0 radical (unpaired) electrons. The van der Waals surface area contributed by atoms with Crippen molar-refractivity contribution in [3.8, 4) is 0 Å². The van der Waals surface area contributed by atoms with Crippen LogP contribution in [0.3, 0.4) is 0 Å². The molecule has 0 aliphatic carbocycles. The first kappa shape index (κ1) is 23.2. The standard InChI is InChI=1S/C17H21N3O3S.C2HF3O2/c21-17(19-9-13-2-1-5-22-13)12-8-15-14(3-6-23-15)20(10-12)11-16-18-4-7-24-16;3-2(4,5)1(6)7/h1-2,4-5,7,12,14-15H,3,6,8-11H2,(H,19,21);(H,6,7)/t12-,14+,15+;/m0./s1. The number of aliphatic carboxylic acids is 1. The van der Waals surface area contributed by atoms with E-state index in [1.165, 1.54) is 0 Å². The molecule has 2 saturated heterocycles. The number of carboxylic acid groups (broad SMARTS) is 1. The summed E-state index contributed by atoms with van der Waals surface area (Å²) in [4.78, 5) is 28.2.